The number of benzene rings is 1. The highest BCUT2D eigenvalue weighted by atomic mass is 16.5. The van der Waals surface area contributed by atoms with Crippen LogP contribution in [0.1, 0.15) is 28.3 Å². The fourth-order valence-electron chi connectivity index (χ4n) is 3.60. The van der Waals surface area contributed by atoms with E-state index in [0.29, 0.717) is 25.1 Å². The van der Waals surface area contributed by atoms with Crippen LogP contribution in [0.3, 0.4) is 0 Å². The van der Waals surface area contributed by atoms with E-state index in [2.05, 4.69) is 0 Å². The van der Waals surface area contributed by atoms with Crippen LogP contribution in [-0.4, -0.2) is 93.0 Å². The molecule has 0 radical (unpaired) electrons. The smallest absolute Gasteiger partial charge is 0.455 e. The van der Waals surface area contributed by atoms with Gasteiger partial charge in [-0.25, -0.2) is 4.79 Å². The van der Waals surface area contributed by atoms with Crippen LogP contribution in [0.5, 0.6) is 11.5 Å². The van der Waals surface area contributed by atoms with Gasteiger partial charge in [0.1, 0.15) is 23.2 Å². The lowest BCUT2D eigenvalue weighted by Gasteiger charge is -2.43. The van der Waals surface area contributed by atoms with Crippen molar-refractivity contribution in [2.75, 3.05) is 32.8 Å². The Kier molecular flexibility index (Phi) is 5.85. The SMILES string of the molecule is NC(CO)(CO)CN1CC(Oc2ccc([C@@H]3C[C@@H]3B(O)O)c(O)c2C(=O)O)C1. The topological polar surface area (TPSA) is 177 Å². The van der Waals surface area contributed by atoms with Crippen LogP contribution in [0.25, 0.3) is 0 Å². The molecule has 11 heteroatoms. The van der Waals surface area contributed by atoms with Gasteiger partial charge in [-0.1, -0.05) is 6.07 Å². The maximum Gasteiger partial charge on any atom is 0.455 e. The van der Waals surface area contributed by atoms with Gasteiger partial charge in [0.25, 0.3) is 0 Å². The number of aliphatic hydroxyl groups excluding tert-OH is 2. The van der Waals surface area contributed by atoms with E-state index in [0.717, 1.165) is 0 Å². The molecule has 3 rings (SSSR count). The summed E-state index contributed by atoms with van der Waals surface area (Å²) >= 11 is 0. The van der Waals surface area contributed by atoms with Crippen molar-refractivity contribution >= 4 is 13.1 Å². The summed E-state index contributed by atoms with van der Waals surface area (Å²) in [6, 6.07) is 3.01. The molecule has 154 valence electrons. The summed E-state index contributed by atoms with van der Waals surface area (Å²) in [6.45, 7) is 0.398. The van der Waals surface area contributed by atoms with Gasteiger partial charge in [-0.2, -0.15) is 0 Å². The van der Waals surface area contributed by atoms with Crippen LogP contribution in [0.4, 0.5) is 0 Å². The molecule has 1 saturated heterocycles. The third kappa shape index (κ3) is 4.09. The van der Waals surface area contributed by atoms with E-state index >= 15 is 0 Å². The van der Waals surface area contributed by atoms with Gasteiger partial charge in [0.2, 0.25) is 0 Å². The molecule has 0 unspecified atom stereocenters. The molecule has 1 aliphatic carbocycles. The van der Waals surface area contributed by atoms with Gasteiger partial charge in [0.05, 0.1) is 18.8 Å². The van der Waals surface area contributed by atoms with Crippen LogP contribution >= 0.6 is 0 Å². The number of hydrogen-bond donors (Lipinski definition) is 7. The highest BCUT2D eigenvalue weighted by Gasteiger charge is 2.48. The molecule has 0 aromatic heterocycles. The maximum absolute atomic E-state index is 11.6. The van der Waals surface area contributed by atoms with Gasteiger partial charge in [0, 0.05) is 25.5 Å². The molecule has 8 N–H and O–H groups in total. The molecule has 0 amide bonds. The second-order valence-electron chi connectivity index (χ2n) is 7.71. The Morgan fingerprint density at radius 1 is 1.29 bits per heavy atom. The van der Waals surface area contributed by atoms with E-state index < -0.39 is 30.2 Å². The van der Waals surface area contributed by atoms with Crippen LogP contribution in [0, 0.1) is 0 Å². The van der Waals surface area contributed by atoms with Crippen LogP contribution in [0.2, 0.25) is 5.82 Å². The number of aliphatic hydroxyl groups is 2. The monoisotopic (exact) mass is 396 g/mol. The van der Waals surface area contributed by atoms with E-state index in [1.807, 2.05) is 4.90 Å². The van der Waals surface area contributed by atoms with Crippen molar-refractivity contribution < 1.29 is 40.0 Å². The fraction of sp³-hybridized carbons (Fsp3) is 0.588. The Morgan fingerprint density at radius 2 is 1.93 bits per heavy atom. The van der Waals surface area contributed by atoms with Crippen LogP contribution in [0.15, 0.2) is 12.1 Å². The van der Waals surface area contributed by atoms with E-state index in [-0.39, 0.29) is 43.1 Å². The van der Waals surface area contributed by atoms with Crippen molar-refractivity contribution in [1.82, 2.24) is 4.90 Å². The number of rotatable bonds is 9. The second kappa shape index (κ2) is 7.86. The third-order valence-electron chi connectivity index (χ3n) is 5.39. The standard InChI is InChI=1S/C17H25BN2O8/c19-17(7-21,8-22)6-20-4-9(5-20)28-13-2-1-10(11-3-12(11)18(26)27)15(23)14(13)16(24)25/h1-2,9,11-12,21-23,26-27H,3-8,19H2,(H,24,25)/t11-,12-/m0/s1. The zero-order valence-electron chi connectivity index (χ0n) is 15.2. The summed E-state index contributed by atoms with van der Waals surface area (Å²) in [4.78, 5) is 13.5. The van der Waals surface area contributed by atoms with Gasteiger partial charge in [0.15, 0.2) is 0 Å². The molecule has 2 aliphatic rings. The first-order valence-corrected chi connectivity index (χ1v) is 9.04. The number of nitrogens with zero attached hydrogens (tertiary/aromatic N) is 1. The number of carboxylic acids is 1. The lowest BCUT2D eigenvalue weighted by molar-refractivity contribution is -0.0121. The van der Waals surface area contributed by atoms with Crippen molar-refractivity contribution in [3.05, 3.63) is 23.3 Å². The number of phenols is 1. The number of likely N-dealkylation sites (tertiary alicyclic amines) is 1. The Morgan fingerprint density at radius 3 is 2.43 bits per heavy atom. The minimum Gasteiger partial charge on any atom is -0.507 e. The minimum absolute atomic E-state index is 0.0310. The van der Waals surface area contributed by atoms with E-state index in [1.165, 1.54) is 6.07 Å². The molecule has 1 aromatic rings. The number of hydrogen-bond acceptors (Lipinski definition) is 9. The van der Waals surface area contributed by atoms with Gasteiger partial charge in [-0.05, 0) is 24.0 Å². The normalized spacial score (nSPS) is 22.6. The molecule has 1 aromatic carbocycles. The molecule has 1 aliphatic heterocycles. The predicted molar refractivity (Wildman–Crippen MR) is 98.3 cm³/mol. The van der Waals surface area contributed by atoms with Crippen molar-refractivity contribution in [1.29, 1.82) is 0 Å². The van der Waals surface area contributed by atoms with Crippen molar-refractivity contribution in [3.63, 3.8) is 0 Å². The zero-order chi connectivity index (χ0) is 20.6. The third-order valence-corrected chi connectivity index (χ3v) is 5.39. The van der Waals surface area contributed by atoms with E-state index in [4.69, 9.17) is 10.5 Å². The van der Waals surface area contributed by atoms with Crippen molar-refractivity contribution in [2.24, 2.45) is 5.73 Å². The number of aromatic hydroxyl groups is 1. The average Bonchev–Trinajstić information content (AvgIpc) is 3.40. The van der Waals surface area contributed by atoms with E-state index in [9.17, 15) is 35.3 Å². The molecular weight excluding hydrogens is 371 g/mol. The Balaban J connectivity index is 1.67. The summed E-state index contributed by atoms with van der Waals surface area (Å²) in [5.41, 5.74) is 4.73. The highest BCUT2D eigenvalue weighted by molar-refractivity contribution is 6.44. The first-order valence-electron chi connectivity index (χ1n) is 9.04. The summed E-state index contributed by atoms with van der Waals surface area (Å²) in [5, 5.41) is 56.9. The Labute approximate surface area is 161 Å². The Hall–Kier alpha value is -1.89. The lowest BCUT2D eigenvalue weighted by Crippen LogP contribution is -2.63. The molecule has 0 spiro atoms. The van der Waals surface area contributed by atoms with E-state index in [1.54, 1.807) is 6.07 Å². The number of nitrogens with two attached hydrogens (primary N) is 1. The summed E-state index contributed by atoms with van der Waals surface area (Å²) in [7, 11) is -1.51. The second-order valence-corrected chi connectivity index (χ2v) is 7.71. The molecule has 2 atom stereocenters. The number of carbonyl (C=O) groups is 1. The maximum atomic E-state index is 11.6. The largest absolute Gasteiger partial charge is 0.507 e. The number of carboxylic acid groups (broad SMARTS) is 1. The predicted octanol–water partition coefficient (Wildman–Crippen LogP) is -1.83. The van der Waals surface area contributed by atoms with Gasteiger partial charge >= 0.3 is 13.1 Å². The molecule has 10 nitrogen and oxygen atoms in total. The molecule has 1 saturated carbocycles. The first kappa shape index (κ1) is 20.8. The van der Waals surface area contributed by atoms with Crippen LogP contribution in [-0.2, 0) is 0 Å². The lowest BCUT2D eigenvalue weighted by atomic mass is 9.81. The highest BCUT2D eigenvalue weighted by Crippen LogP contribution is 2.56. The molecule has 28 heavy (non-hydrogen) atoms. The molecule has 1 heterocycles. The summed E-state index contributed by atoms with van der Waals surface area (Å²) in [6.07, 6.45) is 0.136. The van der Waals surface area contributed by atoms with Gasteiger partial charge < -0.3 is 40.9 Å². The molecule has 0 bridgehead atoms. The summed E-state index contributed by atoms with van der Waals surface area (Å²) in [5.74, 6) is -2.46. The minimum atomic E-state index is -1.51. The fourth-order valence-corrected chi connectivity index (χ4v) is 3.60. The van der Waals surface area contributed by atoms with Gasteiger partial charge in [-0.15, -0.1) is 0 Å². The van der Waals surface area contributed by atoms with Crippen molar-refractivity contribution in [3.8, 4) is 11.5 Å². The zero-order valence-corrected chi connectivity index (χ0v) is 15.2. The first-order chi connectivity index (χ1) is 13.2. The molecule has 2 fully saturated rings. The average molecular weight is 396 g/mol. The number of ether oxygens (including phenoxy) is 1. The molecular formula is C17H25BN2O8. The van der Waals surface area contributed by atoms with Crippen LogP contribution < -0.4 is 10.5 Å². The van der Waals surface area contributed by atoms with Gasteiger partial charge in [-0.3, -0.25) is 4.90 Å². The Bertz CT molecular complexity index is 736. The van der Waals surface area contributed by atoms with Crippen molar-refractivity contribution in [2.45, 2.75) is 29.8 Å². The number of aromatic carboxylic acids is 1. The summed E-state index contributed by atoms with van der Waals surface area (Å²) < 4.78 is 5.72. The quantitative estimate of drug-likeness (QED) is 0.235.